The van der Waals surface area contributed by atoms with Gasteiger partial charge in [0.25, 0.3) is 11.5 Å². The van der Waals surface area contributed by atoms with Gasteiger partial charge in [-0.15, -0.1) is 0 Å². The van der Waals surface area contributed by atoms with Crippen LogP contribution in [0, 0.1) is 6.92 Å². The van der Waals surface area contributed by atoms with E-state index in [-0.39, 0.29) is 17.7 Å². The van der Waals surface area contributed by atoms with E-state index in [0.29, 0.717) is 19.7 Å². The second kappa shape index (κ2) is 6.64. The first-order valence-corrected chi connectivity index (χ1v) is 7.99. The van der Waals surface area contributed by atoms with Gasteiger partial charge in [0.2, 0.25) is 0 Å². The number of nitrogens with zero attached hydrogens (tertiary/aromatic N) is 4. The quantitative estimate of drug-likeness (QED) is 0.765. The normalized spacial score (nSPS) is 17.6. The Labute approximate surface area is 144 Å². The molecule has 1 amide bonds. The largest absolute Gasteiger partial charge is 0.370 e. The van der Waals surface area contributed by atoms with Crippen LogP contribution in [0.5, 0.6) is 0 Å². The molecule has 0 unspecified atom stereocenters. The van der Waals surface area contributed by atoms with Gasteiger partial charge < -0.3 is 9.64 Å². The number of hydrogen-bond acceptors (Lipinski definition) is 5. The molecule has 0 bridgehead atoms. The summed E-state index contributed by atoms with van der Waals surface area (Å²) in [6.07, 6.45) is 1.45. The van der Waals surface area contributed by atoms with Crippen LogP contribution >= 0.6 is 0 Å². The van der Waals surface area contributed by atoms with Gasteiger partial charge in [-0.1, -0.05) is 0 Å². The van der Waals surface area contributed by atoms with Crippen LogP contribution in [0.2, 0.25) is 0 Å². The molecular formula is C17H20N4O4. The molecule has 1 aliphatic rings. The molecule has 0 spiro atoms. The zero-order valence-electron chi connectivity index (χ0n) is 14.4. The molecule has 3 rings (SSSR count). The number of carbonyl (C=O) groups is 1. The third-order valence-electron chi connectivity index (χ3n) is 4.39. The van der Waals surface area contributed by atoms with Gasteiger partial charge in [-0.05, 0) is 24.6 Å². The number of ether oxygens (including phenoxy) is 1. The summed E-state index contributed by atoms with van der Waals surface area (Å²) in [5.41, 5.74) is 0.882. The molecule has 1 saturated heterocycles. The van der Waals surface area contributed by atoms with Gasteiger partial charge in [0.15, 0.2) is 0 Å². The van der Waals surface area contributed by atoms with Crippen LogP contribution in [0.3, 0.4) is 0 Å². The molecule has 0 radical (unpaired) electrons. The summed E-state index contributed by atoms with van der Waals surface area (Å²) < 4.78 is 7.95. The summed E-state index contributed by atoms with van der Waals surface area (Å²) in [5, 5.41) is 0. The Morgan fingerprint density at radius 2 is 2.00 bits per heavy atom. The van der Waals surface area contributed by atoms with E-state index in [0.717, 1.165) is 15.8 Å². The van der Waals surface area contributed by atoms with Crippen LogP contribution in [-0.4, -0.2) is 44.6 Å². The summed E-state index contributed by atoms with van der Waals surface area (Å²) >= 11 is 0. The molecule has 25 heavy (non-hydrogen) atoms. The number of aryl methyl sites for hydroxylation is 1. The van der Waals surface area contributed by atoms with Crippen molar-refractivity contribution >= 4 is 5.91 Å². The summed E-state index contributed by atoms with van der Waals surface area (Å²) in [5.74, 6) is -0.351. The minimum absolute atomic E-state index is 0.0830. The van der Waals surface area contributed by atoms with Crippen LogP contribution in [0.25, 0.3) is 0 Å². The van der Waals surface area contributed by atoms with Crippen LogP contribution in [0.4, 0.5) is 0 Å². The van der Waals surface area contributed by atoms with E-state index in [2.05, 4.69) is 4.98 Å². The third-order valence-corrected chi connectivity index (χ3v) is 4.39. The zero-order valence-corrected chi connectivity index (χ0v) is 14.4. The molecule has 0 aromatic carbocycles. The summed E-state index contributed by atoms with van der Waals surface area (Å²) in [6, 6.07) is 4.98. The minimum Gasteiger partial charge on any atom is -0.370 e. The highest BCUT2D eigenvalue weighted by molar-refractivity contribution is 5.92. The number of carbonyl (C=O) groups excluding carboxylic acids is 1. The minimum atomic E-state index is -0.523. The van der Waals surface area contributed by atoms with Gasteiger partial charge in [-0.3, -0.25) is 23.7 Å². The Hall–Kier alpha value is -2.74. The third kappa shape index (κ3) is 3.25. The number of rotatable bonds is 2. The van der Waals surface area contributed by atoms with Gasteiger partial charge in [0, 0.05) is 38.6 Å². The van der Waals surface area contributed by atoms with E-state index in [1.54, 1.807) is 11.1 Å². The van der Waals surface area contributed by atoms with E-state index < -0.39 is 11.2 Å². The predicted molar refractivity (Wildman–Crippen MR) is 90.5 cm³/mol. The standard InChI is InChI=1S/C17H20N4O4/c1-11-8-12(4-5-18-11)14-10-21(6-7-25-14)16(23)13-9-15(22)20(3)17(24)19(13)2/h4-5,8-9,14H,6-7,10H2,1-3H3/t14-/m1/s1. The number of amides is 1. The molecule has 2 aromatic heterocycles. The molecule has 0 aliphatic carbocycles. The van der Waals surface area contributed by atoms with Crippen LogP contribution in [-0.2, 0) is 18.8 Å². The van der Waals surface area contributed by atoms with Crippen molar-refractivity contribution in [2.45, 2.75) is 13.0 Å². The molecule has 0 N–H and O–H groups in total. The topological polar surface area (TPSA) is 86.4 Å². The maximum atomic E-state index is 12.8. The van der Waals surface area contributed by atoms with E-state index in [1.807, 2.05) is 19.1 Å². The fourth-order valence-electron chi connectivity index (χ4n) is 2.90. The van der Waals surface area contributed by atoms with E-state index >= 15 is 0 Å². The Bertz CT molecular complexity index is 931. The van der Waals surface area contributed by atoms with Crippen LogP contribution in [0.1, 0.15) is 27.8 Å². The van der Waals surface area contributed by atoms with Gasteiger partial charge in [-0.25, -0.2) is 4.79 Å². The highest BCUT2D eigenvalue weighted by atomic mass is 16.5. The lowest BCUT2D eigenvalue weighted by molar-refractivity contribution is -0.0232. The maximum absolute atomic E-state index is 12.8. The summed E-state index contributed by atoms with van der Waals surface area (Å²) in [7, 11) is 2.87. The van der Waals surface area contributed by atoms with Crippen molar-refractivity contribution in [3.63, 3.8) is 0 Å². The van der Waals surface area contributed by atoms with Crippen molar-refractivity contribution < 1.29 is 9.53 Å². The molecule has 0 saturated carbocycles. The van der Waals surface area contributed by atoms with Gasteiger partial charge in [0.1, 0.15) is 11.8 Å². The van der Waals surface area contributed by atoms with Crippen molar-refractivity contribution in [3.8, 4) is 0 Å². The summed E-state index contributed by atoms with van der Waals surface area (Å²) in [4.78, 5) is 42.5. The van der Waals surface area contributed by atoms with Crippen molar-refractivity contribution in [2.75, 3.05) is 19.7 Å². The molecule has 1 aliphatic heterocycles. The zero-order chi connectivity index (χ0) is 18.1. The fourth-order valence-corrected chi connectivity index (χ4v) is 2.90. The smallest absolute Gasteiger partial charge is 0.331 e. The number of aromatic nitrogens is 3. The van der Waals surface area contributed by atoms with Gasteiger partial charge >= 0.3 is 5.69 Å². The second-order valence-electron chi connectivity index (χ2n) is 6.11. The first-order chi connectivity index (χ1) is 11.9. The lowest BCUT2D eigenvalue weighted by Crippen LogP contribution is -2.46. The molecular weight excluding hydrogens is 324 g/mol. The lowest BCUT2D eigenvalue weighted by Gasteiger charge is -2.33. The molecule has 1 fully saturated rings. The van der Waals surface area contributed by atoms with Crippen molar-refractivity contribution in [1.82, 2.24) is 19.0 Å². The van der Waals surface area contributed by atoms with Crippen molar-refractivity contribution in [3.05, 3.63) is 62.2 Å². The second-order valence-corrected chi connectivity index (χ2v) is 6.11. The first-order valence-electron chi connectivity index (χ1n) is 7.99. The van der Waals surface area contributed by atoms with Gasteiger partial charge in [-0.2, -0.15) is 0 Å². The predicted octanol–water partition coefficient (Wildman–Crippen LogP) is 0.00112. The fraction of sp³-hybridized carbons (Fsp3) is 0.412. The van der Waals surface area contributed by atoms with E-state index in [4.69, 9.17) is 4.74 Å². The number of pyridine rings is 1. The Morgan fingerprint density at radius 3 is 2.72 bits per heavy atom. The first kappa shape index (κ1) is 17.1. The number of morpholine rings is 1. The van der Waals surface area contributed by atoms with E-state index in [1.165, 1.54) is 24.7 Å². The molecule has 1 atom stereocenters. The van der Waals surface area contributed by atoms with Crippen LogP contribution < -0.4 is 11.2 Å². The SMILES string of the molecule is Cc1cc([C@H]2CN(C(=O)c3cc(=O)n(C)c(=O)n3C)CCO2)ccn1. The van der Waals surface area contributed by atoms with Gasteiger partial charge in [0.05, 0.1) is 13.2 Å². The van der Waals surface area contributed by atoms with Crippen molar-refractivity contribution in [1.29, 1.82) is 0 Å². The Balaban J connectivity index is 1.88. The van der Waals surface area contributed by atoms with Crippen LogP contribution in [0.15, 0.2) is 34.0 Å². The molecule has 132 valence electrons. The Kier molecular flexibility index (Phi) is 4.54. The monoisotopic (exact) mass is 344 g/mol. The van der Waals surface area contributed by atoms with E-state index in [9.17, 15) is 14.4 Å². The highest BCUT2D eigenvalue weighted by Crippen LogP contribution is 2.23. The number of hydrogen-bond donors (Lipinski definition) is 0. The molecule has 2 aromatic rings. The molecule has 3 heterocycles. The maximum Gasteiger partial charge on any atom is 0.331 e. The average Bonchev–Trinajstić information content (AvgIpc) is 2.62. The molecule has 8 nitrogen and oxygen atoms in total. The molecule has 8 heteroatoms. The lowest BCUT2D eigenvalue weighted by atomic mass is 10.1. The highest BCUT2D eigenvalue weighted by Gasteiger charge is 2.28. The Morgan fingerprint density at radius 1 is 1.24 bits per heavy atom. The average molecular weight is 344 g/mol. The summed E-state index contributed by atoms with van der Waals surface area (Å²) in [6.45, 7) is 3.04. The van der Waals surface area contributed by atoms with Crippen molar-refractivity contribution in [2.24, 2.45) is 14.1 Å².